The van der Waals surface area contributed by atoms with Crippen molar-refractivity contribution >= 4 is 45.0 Å². The highest BCUT2D eigenvalue weighted by Crippen LogP contribution is 2.36. The lowest BCUT2D eigenvalue weighted by Crippen LogP contribution is -2.40. The summed E-state index contributed by atoms with van der Waals surface area (Å²) in [6, 6.07) is 11.7. The SMILES string of the molecule is COc1ccc(C)c2sc(N(CCCN3CCOCC3)C(=O)COc3ccccc3C)nc12.Cl. The number of hydrogen-bond donors (Lipinski definition) is 0. The third-order valence-corrected chi connectivity index (χ3v) is 7.06. The fourth-order valence-corrected chi connectivity index (χ4v) is 5.01. The molecule has 1 saturated heterocycles. The molecule has 2 heterocycles. The van der Waals surface area contributed by atoms with E-state index in [2.05, 4.69) is 11.8 Å². The number of carbonyl (C=O) groups excluding carboxylic acids is 1. The zero-order chi connectivity index (χ0) is 23.2. The third kappa shape index (κ3) is 6.18. The first-order chi connectivity index (χ1) is 16.1. The predicted molar refractivity (Wildman–Crippen MR) is 139 cm³/mol. The normalized spacial score (nSPS) is 14.0. The lowest BCUT2D eigenvalue weighted by molar-refractivity contribution is -0.120. The number of methoxy groups -OCH3 is 1. The summed E-state index contributed by atoms with van der Waals surface area (Å²) < 4.78 is 17.9. The van der Waals surface area contributed by atoms with Crippen LogP contribution in [0.3, 0.4) is 0 Å². The van der Waals surface area contributed by atoms with Crippen LogP contribution in [0, 0.1) is 13.8 Å². The van der Waals surface area contributed by atoms with Gasteiger partial charge in [-0.15, -0.1) is 12.4 Å². The molecule has 0 saturated carbocycles. The van der Waals surface area contributed by atoms with Crippen molar-refractivity contribution in [3.05, 3.63) is 47.5 Å². The van der Waals surface area contributed by atoms with Crippen molar-refractivity contribution in [3.8, 4) is 11.5 Å². The fourth-order valence-electron chi connectivity index (χ4n) is 3.92. The van der Waals surface area contributed by atoms with E-state index < -0.39 is 0 Å². The molecule has 4 rings (SSSR count). The van der Waals surface area contributed by atoms with Gasteiger partial charge in [0.1, 0.15) is 17.0 Å². The lowest BCUT2D eigenvalue weighted by atomic mass is 10.2. The van der Waals surface area contributed by atoms with Crippen LogP contribution < -0.4 is 14.4 Å². The lowest BCUT2D eigenvalue weighted by Gasteiger charge is -2.27. The van der Waals surface area contributed by atoms with E-state index in [4.69, 9.17) is 19.2 Å². The maximum Gasteiger partial charge on any atom is 0.266 e. The molecular formula is C25H32ClN3O4S. The first-order valence-corrected chi connectivity index (χ1v) is 12.1. The summed E-state index contributed by atoms with van der Waals surface area (Å²) in [5.74, 6) is 1.34. The third-order valence-electron chi connectivity index (χ3n) is 5.85. The predicted octanol–water partition coefficient (Wildman–Crippen LogP) is 4.48. The molecule has 2 aromatic carbocycles. The van der Waals surface area contributed by atoms with E-state index >= 15 is 0 Å². The van der Waals surface area contributed by atoms with Gasteiger partial charge in [-0.25, -0.2) is 4.98 Å². The maximum atomic E-state index is 13.3. The number of halogens is 1. The minimum atomic E-state index is -0.101. The summed E-state index contributed by atoms with van der Waals surface area (Å²) >= 11 is 1.53. The molecule has 3 aromatic rings. The van der Waals surface area contributed by atoms with Crippen LogP contribution >= 0.6 is 23.7 Å². The van der Waals surface area contributed by atoms with Crippen molar-refractivity contribution in [1.82, 2.24) is 9.88 Å². The van der Waals surface area contributed by atoms with Crippen molar-refractivity contribution in [1.29, 1.82) is 0 Å². The number of rotatable bonds is 9. The maximum absolute atomic E-state index is 13.3. The van der Waals surface area contributed by atoms with Crippen LogP contribution in [-0.2, 0) is 9.53 Å². The summed E-state index contributed by atoms with van der Waals surface area (Å²) in [5, 5.41) is 0.679. The number of hydrogen-bond acceptors (Lipinski definition) is 7. The average molecular weight is 506 g/mol. The topological polar surface area (TPSA) is 64.1 Å². The number of thiazole rings is 1. The number of para-hydroxylation sites is 1. The van der Waals surface area contributed by atoms with Crippen molar-refractivity contribution < 1.29 is 19.0 Å². The Kier molecular flexibility index (Phi) is 9.53. The molecule has 1 aliphatic heterocycles. The van der Waals surface area contributed by atoms with E-state index in [1.807, 2.05) is 43.3 Å². The Morgan fingerprint density at radius 2 is 1.88 bits per heavy atom. The Hall–Kier alpha value is -2.39. The van der Waals surface area contributed by atoms with Crippen molar-refractivity contribution in [2.45, 2.75) is 20.3 Å². The van der Waals surface area contributed by atoms with Gasteiger partial charge < -0.3 is 14.2 Å². The summed E-state index contributed by atoms with van der Waals surface area (Å²) in [5.41, 5.74) is 2.92. The van der Waals surface area contributed by atoms with E-state index in [0.29, 0.717) is 11.7 Å². The van der Waals surface area contributed by atoms with Crippen LogP contribution in [0.4, 0.5) is 5.13 Å². The molecule has 0 atom stereocenters. The molecule has 9 heteroatoms. The monoisotopic (exact) mass is 505 g/mol. The molecule has 0 radical (unpaired) electrons. The van der Waals surface area contributed by atoms with Gasteiger partial charge in [-0.05, 0) is 43.5 Å². The number of morpholine rings is 1. The van der Waals surface area contributed by atoms with Gasteiger partial charge in [0.25, 0.3) is 5.91 Å². The highest BCUT2D eigenvalue weighted by atomic mass is 35.5. The summed E-state index contributed by atoms with van der Waals surface area (Å²) in [6.07, 6.45) is 0.849. The Labute approximate surface area is 211 Å². The summed E-state index contributed by atoms with van der Waals surface area (Å²) in [7, 11) is 1.64. The number of amides is 1. The summed E-state index contributed by atoms with van der Waals surface area (Å²) in [4.78, 5) is 22.3. The minimum Gasteiger partial charge on any atom is -0.494 e. The highest BCUT2D eigenvalue weighted by Gasteiger charge is 2.23. The van der Waals surface area contributed by atoms with E-state index in [9.17, 15) is 4.79 Å². The van der Waals surface area contributed by atoms with Gasteiger partial charge in [-0.2, -0.15) is 0 Å². The molecule has 1 aromatic heterocycles. The Morgan fingerprint density at radius 1 is 1.12 bits per heavy atom. The number of fused-ring (bicyclic) bond motifs is 1. The number of nitrogens with zero attached hydrogens (tertiary/aromatic N) is 3. The van der Waals surface area contributed by atoms with Crippen LogP contribution in [-0.4, -0.2) is 68.9 Å². The average Bonchev–Trinajstić information content (AvgIpc) is 3.28. The number of benzene rings is 2. The van der Waals surface area contributed by atoms with Gasteiger partial charge in [0, 0.05) is 26.2 Å². The molecule has 7 nitrogen and oxygen atoms in total. The van der Waals surface area contributed by atoms with Crippen molar-refractivity contribution in [3.63, 3.8) is 0 Å². The van der Waals surface area contributed by atoms with Crippen LogP contribution in [0.15, 0.2) is 36.4 Å². The van der Waals surface area contributed by atoms with E-state index in [1.165, 1.54) is 11.3 Å². The Balaban J connectivity index is 0.00000324. The van der Waals surface area contributed by atoms with Gasteiger partial charge in [0.15, 0.2) is 11.7 Å². The van der Waals surface area contributed by atoms with Crippen molar-refractivity contribution in [2.24, 2.45) is 0 Å². The Morgan fingerprint density at radius 3 is 2.62 bits per heavy atom. The molecule has 0 N–H and O–H groups in total. The first kappa shape index (κ1) is 26.2. The number of carbonyl (C=O) groups is 1. The Bertz CT molecular complexity index is 1100. The second kappa shape index (κ2) is 12.4. The molecule has 0 unspecified atom stereocenters. The number of anilines is 1. The standard InChI is InChI=1S/C25H31N3O4S.ClH/c1-18-7-4-5-8-20(18)32-17-22(29)28(12-6-11-27-13-15-31-16-14-27)25-26-23-21(30-3)10-9-19(2)24(23)33-25;/h4-5,7-10H,6,11-17H2,1-3H3;1H. The van der Waals surface area contributed by atoms with Gasteiger partial charge >= 0.3 is 0 Å². The molecule has 0 bridgehead atoms. The zero-order valence-electron chi connectivity index (χ0n) is 19.9. The minimum absolute atomic E-state index is 0. The molecule has 34 heavy (non-hydrogen) atoms. The van der Waals surface area contributed by atoms with Crippen LogP contribution in [0.1, 0.15) is 17.5 Å². The summed E-state index contributed by atoms with van der Waals surface area (Å²) in [6.45, 7) is 8.89. The first-order valence-electron chi connectivity index (χ1n) is 11.3. The number of ether oxygens (including phenoxy) is 3. The largest absolute Gasteiger partial charge is 0.494 e. The fraction of sp³-hybridized carbons (Fsp3) is 0.440. The molecular weight excluding hydrogens is 474 g/mol. The zero-order valence-corrected chi connectivity index (χ0v) is 21.5. The van der Waals surface area contributed by atoms with E-state index in [0.717, 1.165) is 72.1 Å². The van der Waals surface area contributed by atoms with Crippen LogP contribution in [0.2, 0.25) is 0 Å². The van der Waals surface area contributed by atoms with Gasteiger partial charge in [-0.1, -0.05) is 35.6 Å². The molecule has 184 valence electrons. The second-order valence-corrected chi connectivity index (χ2v) is 9.14. The molecule has 1 aliphatic rings. The van der Waals surface area contributed by atoms with Gasteiger partial charge in [-0.3, -0.25) is 14.6 Å². The highest BCUT2D eigenvalue weighted by molar-refractivity contribution is 7.22. The second-order valence-electron chi connectivity index (χ2n) is 8.17. The van der Waals surface area contributed by atoms with Gasteiger partial charge in [0.2, 0.25) is 0 Å². The van der Waals surface area contributed by atoms with Gasteiger partial charge in [0.05, 0.1) is 25.0 Å². The van der Waals surface area contributed by atoms with Crippen LogP contribution in [0.25, 0.3) is 10.2 Å². The quantitative estimate of drug-likeness (QED) is 0.427. The smallest absolute Gasteiger partial charge is 0.266 e. The van der Waals surface area contributed by atoms with Crippen molar-refractivity contribution in [2.75, 3.05) is 58.0 Å². The molecule has 0 spiro atoms. The number of aryl methyl sites for hydroxylation is 2. The van der Waals surface area contributed by atoms with E-state index in [1.54, 1.807) is 12.0 Å². The molecule has 0 aliphatic carbocycles. The molecule has 1 amide bonds. The molecule has 1 fully saturated rings. The van der Waals surface area contributed by atoms with Crippen LogP contribution in [0.5, 0.6) is 11.5 Å². The number of aromatic nitrogens is 1. The van der Waals surface area contributed by atoms with E-state index in [-0.39, 0.29) is 24.9 Å².